The van der Waals surface area contributed by atoms with Gasteiger partial charge in [0.25, 0.3) is 5.56 Å². The number of amides is 2. The van der Waals surface area contributed by atoms with Gasteiger partial charge in [0, 0.05) is 12.0 Å². The smallest absolute Gasteiger partial charge is 0.262 e. The van der Waals surface area contributed by atoms with Gasteiger partial charge in [-0.15, -0.1) is 0 Å². The fourth-order valence-corrected chi connectivity index (χ4v) is 7.34. The molecule has 2 aromatic carbocycles. The maximum absolute atomic E-state index is 13.9. The fourth-order valence-electron chi connectivity index (χ4n) is 7.34. The van der Waals surface area contributed by atoms with Crippen LogP contribution >= 0.6 is 0 Å². The van der Waals surface area contributed by atoms with E-state index in [1.165, 1.54) is 14.4 Å². The van der Waals surface area contributed by atoms with E-state index in [0.717, 1.165) is 0 Å². The Morgan fingerprint density at radius 3 is 2.43 bits per heavy atom. The van der Waals surface area contributed by atoms with Crippen LogP contribution in [0.2, 0.25) is 0 Å². The second kappa shape index (κ2) is 10.1. The molecule has 14 nitrogen and oxygen atoms in total. The first kappa shape index (κ1) is 29.0. The number of carbonyl (C=O) groups excluding carboxylic acids is 2. The summed E-state index contributed by atoms with van der Waals surface area (Å²) in [5.74, 6) is -0.653. The highest BCUT2D eigenvalue weighted by Crippen LogP contribution is 2.53. The summed E-state index contributed by atoms with van der Waals surface area (Å²) in [6, 6.07) is 10.6. The van der Waals surface area contributed by atoms with E-state index in [2.05, 4.69) is 10.3 Å². The number of nitrogens with zero attached hydrogens (tertiary/aromatic N) is 4. The minimum absolute atomic E-state index is 0.302. The topological polar surface area (TPSA) is 198 Å². The van der Waals surface area contributed by atoms with Gasteiger partial charge in [0.2, 0.25) is 11.8 Å². The molecule has 0 spiro atoms. The lowest BCUT2D eigenvalue weighted by atomic mass is 9.84. The summed E-state index contributed by atoms with van der Waals surface area (Å²) >= 11 is 0. The molecule has 0 bridgehead atoms. The number of carbonyl (C=O) groups is 2. The number of hydrogen-bond acceptors (Lipinski definition) is 11. The predicted molar refractivity (Wildman–Crippen MR) is 153 cm³/mol. The molecular formula is C30H33N5O9. The maximum atomic E-state index is 13.9. The second-order valence-electron chi connectivity index (χ2n) is 12.0. The molecule has 6 N–H and O–H groups in total. The lowest BCUT2D eigenvalue weighted by Crippen LogP contribution is -2.67. The standard InChI is InChI=1S/C30H33N5O9/c1-13-24-32-17-9-5-3-7-15(17)27(42)34(24)19(25(40)31-13)11-30(43)16-8-4-6-10-18(16)35-26(41)14(2)33(29(30)35)28-23(39)22(38)21(37)20(12-36)44-28/h3-10,13-14,19-23,28-29,36-39,43H,11-12H2,1-2H3,(H,31,40)/t13-,14+,19-,20-,21-,22+,23-,28-,29+,30+/m1/s1. The number of hydrogen-bond donors (Lipinski definition) is 6. The molecule has 0 saturated carbocycles. The van der Waals surface area contributed by atoms with E-state index >= 15 is 0 Å². The van der Waals surface area contributed by atoms with Gasteiger partial charge in [-0.3, -0.25) is 23.9 Å². The Hall–Kier alpha value is -3.76. The summed E-state index contributed by atoms with van der Waals surface area (Å²) in [4.78, 5) is 48.8. The monoisotopic (exact) mass is 607 g/mol. The lowest BCUT2D eigenvalue weighted by Gasteiger charge is -2.48. The van der Waals surface area contributed by atoms with Gasteiger partial charge in [0.1, 0.15) is 54.3 Å². The van der Waals surface area contributed by atoms with Crippen LogP contribution in [0.15, 0.2) is 53.3 Å². The second-order valence-corrected chi connectivity index (χ2v) is 12.0. The van der Waals surface area contributed by atoms with Crippen molar-refractivity contribution in [2.75, 3.05) is 11.5 Å². The number of rotatable bonds is 4. The zero-order valence-corrected chi connectivity index (χ0v) is 23.9. The molecule has 10 atom stereocenters. The van der Waals surface area contributed by atoms with Crippen molar-refractivity contribution in [1.29, 1.82) is 0 Å². The summed E-state index contributed by atoms with van der Waals surface area (Å²) in [6.07, 6.45) is -9.42. The number of anilines is 1. The molecule has 14 heteroatoms. The zero-order valence-electron chi connectivity index (χ0n) is 23.9. The lowest BCUT2D eigenvalue weighted by molar-refractivity contribution is -0.277. The third kappa shape index (κ3) is 3.86. The Morgan fingerprint density at radius 1 is 0.977 bits per heavy atom. The zero-order chi connectivity index (χ0) is 31.2. The minimum atomic E-state index is -2.01. The minimum Gasteiger partial charge on any atom is -0.394 e. The largest absolute Gasteiger partial charge is 0.394 e. The van der Waals surface area contributed by atoms with Crippen molar-refractivity contribution in [3.05, 3.63) is 70.3 Å². The van der Waals surface area contributed by atoms with Crippen molar-refractivity contribution >= 4 is 28.4 Å². The van der Waals surface area contributed by atoms with Gasteiger partial charge in [0.05, 0.1) is 35.3 Å². The number of para-hydroxylation sites is 2. The normalized spacial score (nSPS) is 36.7. The van der Waals surface area contributed by atoms with E-state index in [9.17, 15) is 39.9 Å². The van der Waals surface area contributed by atoms with Crippen LogP contribution < -0.4 is 15.8 Å². The van der Waals surface area contributed by atoms with Gasteiger partial charge in [-0.2, -0.15) is 0 Å². The van der Waals surface area contributed by atoms with Gasteiger partial charge in [0.15, 0.2) is 0 Å². The van der Waals surface area contributed by atoms with Crippen LogP contribution in [-0.4, -0.2) is 101 Å². The quantitative estimate of drug-likeness (QED) is 0.204. The van der Waals surface area contributed by atoms with E-state index in [-0.39, 0.29) is 6.42 Å². The van der Waals surface area contributed by atoms with Crippen LogP contribution in [0.25, 0.3) is 10.9 Å². The third-order valence-corrected chi connectivity index (χ3v) is 9.49. The molecule has 232 valence electrons. The molecular weight excluding hydrogens is 574 g/mol. The summed E-state index contributed by atoms with van der Waals surface area (Å²) < 4.78 is 7.16. The highest BCUT2D eigenvalue weighted by molar-refractivity contribution is 6.02. The molecule has 0 unspecified atom stereocenters. The van der Waals surface area contributed by atoms with E-state index in [0.29, 0.717) is 28.0 Å². The van der Waals surface area contributed by atoms with Crippen molar-refractivity contribution in [2.24, 2.45) is 0 Å². The number of aromatic nitrogens is 2. The highest BCUT2D eigenvalue weighted by atomic mass is 16.6. The van der Waals surface area contributed by atoms with Crippen LogP contribution in [0, 0.1) is 0 Å². The molecule has 2 amide bonds. The molecule has 44 heavy (non-hydrogen) atoms. The van der Waals surface area contributed by atoms with Crippen LogP contribution in [0.1, 0.15) is 43.7 Å². The Bertz CT molecular complexity index is 1730. The van der Waals surface area contributed by atoms with Gasteiger partial charge in [-0.25, -0.2) is 9.88 Å². The van der Waals surface area contributed by atoms with Gasteiger partial charge in [-0.1, -0.05) is 30.3 Å². The SMILES string of the molecule is C[C@H]1NC(=O)[C@@H](C[C@]2(O)c3ccccc3N3C(=O)[C@H](C)N([C@@H]4O[C@H](CO)[C@@H](O)[C@H](O)[C@H]4O)[C@@H]32)n2c1nc1ccccc1c2=O. The fraction of sp³-hybridized carbons (Fsp3) is 0.467. The van der Waals surface area contributed by atoms with Crippen molar-refractivity contribution in [3.8, 4) is 0 Å². The molecule has 5 heterocycles. The number of fused-ring (bicyclic) bond motifs is 5. The molecule has 2 saturated heterocycles. The molecule has 3 aromatic rings. The number of nitrogens with one attached hydrogen (secondary N) is 1. The van der Waals surface area contributed by atoms with E-state index in [4.69, 9.17) is 4.74 Å². The van der Waals surface area contributed by atoms with Gasteiger partial charge < -0.3 is 35.6 Å². The Balaban J connectivity index is 1.38. The number of aliphatic hydroxyl groups is 5. The van der Waals surface area contributed by atoms with Crippen molar-refractivity contribution in [1.82, 2.24) is 19.8 Å². The summed E-state index contributed by atoms with van der Waals surface area (Å²) in [5.41, 5.74) is -1.32. The first-order valence-electron chi connectivity index (χ1n) is 14.5. The van der Waals surface area contributed by atoms with Crippen LogP contribution in [0.5, 0.6) is 0 Å². The molecule has 0 aliphatic carbocycles. The molecule has 4 aliphatic rings. The number of benzene rings is 2. The van der Waals surface area contributed by atoms with E-state index in [1.807, 2.05) is 0 Å². The molecule has 0 radical (unpaired) electrons. The van der Waals surface area contributed by atoms with Gasteiger partial charge in [-0.05, 0) is 32.0 Å². The first-order valence-corrected chi connectivity index (χ1v) is 14.5. The highest BCUT2D eigenvalue weighted by Gasteiger charge is 2.65. The van der Waals surface area contributed by atoms with Crippen LogP contribution in [-0.2, 0) is 19.9 Å². The average Bonchev–Trinajstić information content (AvgIpc) is 3.43. The molecule has 4 aliphatic heterocycles. The molecule has 2 fully saturated rings. The number of ether oxygens (including phenoxy) is 1. The van der Waals surface area contributed by atoms with Crippen molar-refractivity contribution < 1.29 is 39.9 Å². The summed E-state index contributed by atoms with van der Waals surface area (Å²) in [5, 5.41) is 57.8. The first-order chi connectivity index (χ1) is 21.0. The Morgan fingerprint density at radius 2 is 1.68 bits per heavy atom. The van der Waals surface area contributed by atoms with Crippen LogP contribution in [0.3, 0.4) is 0 Å². The van der Waals surface area contributed by atoms with E-state index in [1.54, 1.807) is 62.4 Å². The van der Waals surface area contributed by atoms with Crippen molar-refractivity contribution in [3.63, 3.8) is 0 Å². The summed E-state index contributed by atoms with van der Waals surface area (Å²) in [6.45, 7) is 2.58. The van der Waals surface area contributed by atoms with E-state index < -0.39 is 84.5 Å². The average molecular weight is 608 g/mol. The third-order valence-electron chi connectivity index (χ3n) is 9.49. The maximum Gasteiger partial charge on any atom is 0.262 e. The number of aliphatic hydroxyl groups excluding tert-OH is 4. The molecule has 1 aromatic heterocycles. The Kier molecular flexibility index (Phi) is 6.68. The molecule has 7 rings (SSSR count). The summed E-state index contributed by atoms with van der Waals surface area (Å²) in [7, 11) is 0. The van der Waals surface area contributed by atoms with Crippen molar-refractivity contribution in [2.45, 2.75) is 80.8 Å². The predicted octanol–water partition coefficient (Wildman–Crippen LogP) is -1.42. The van der Waals surface area contributed by atoms with Crippen LogP contribution in [0.4, 0.5) is 5.69 Å². The Labute approximate surface area is 250 Å². The van der Waals surface area contributed by atoms with Gasteiger partial charge >= 0.3 is 0 Å².